The highest BCUT2D eigenvalue weighted by Gasteiger charge is 2.26. The Morgan fingerprint density at radius 2 is 1.90 bits per heavy atom. The largest absolute Gasteiger partial charge is 0.483 e. The van der Waals surface area contributed by atoms with Gasteiger partial charge in [0.1, 0.15) is 11.8 Å². The third-order valence-corrected chi connectivity index (χ3v) is 5.89. The summed E-state index contributed by atoms with van der Waals surface area (Å²) in [5.41, 5.74) is 0.832. The van der Waals surface area contributed by atoms with E-state index in [0.29, 0.717) is 10.8 Å². The van der Waals surface area contributed by atoms with Gasteiger partial charge >= 0.3 is 0 Å². The molecule has 0 aromatic heterocycles. The summed E-state index contributed by atoms with van der Waals surface area (Å²) in [6, 6.07) is 18.2. The Hall–Kier alpha value is -2.57. The number of carbonyl (C=O) groups is 2. The summed E-state index contributed by atoms with van der Waals surface area (Å²) in [5, 5.41) is 5.23. The molecule has 0 heterocycles. The third-order valence-electron chi connectivity index (χ3n) is 4.83. The highest BCUT2D eigenvalue weighted by atomic mass is 79.9. The lowest BCUT2D eigenvalue weighted by Crippen LogP contribution is -2.48. The van der Waals surface area contributed by atoms with E-state index in [0.717, 1.165) is 20.8 Å². The summed E-state index contributed by atoms with van der Waals surface area (Å²) in [6.45, 7) is 1.74. The lowest BCUT2D eigenvalue weighted by molar-refractivity contribution is -0.142. The molecule has 0 fully saturated rings. The van der Waals surface area contributed by atoms with Gasteiger partial charge in [-0.25, -0.2) is 0 Å². The van der Waals surface area contributed by atoms with Crippen LogP contribution in [0.5, 0.6) is 5.75 Å². The fourth-order valence-electron chi connectivity index (χ4n) is 3.17. The Labute approximate surface area is 189 Å². The standard InChI is InChI=1S/C23H22BrClN2O3/c1-15(23(29)26-2)27(13-16-6-5-8-18(25)12-16)21(28)14-30-20-11-10-17-7-3-4-9-19(17)22(20)24/h3-12,15H,13-14H2,1-2H3,(H,26,29). The second kappa shape index (κ2) is 9.96. The molecule has 0 radical (unpaired) electrons. The van der Waals surface area contributed by atoms with Crippen LogP contribution in [-0.2, 0) is 16.1 Å². The van der Waals surface area contributed by atoms with Crippen LogP contribution in [0.15, 0.2) is 65.1 Å². The van der Waals surface area contributed by atoms with Crippen LogP contribution in [0.1, 0.15) is 12.5 Å². The normalized spacial score (nSPS) is 11.7. The van der Waals surface area contributed by atoms with Crippen LogP contribution in [-0.4, -0.2) is 36.4 Å². The van der Waals surface area contributed by atoms with E-state index in [-0.39, 0.29) is 25.0 Å². The molecule has 0 aliphatic rings. The maximum absolute atomic E-state index is 13.0. The number of nitrogens with zero attached hydrogens (tertiary/aromatic N) is 1. The summed E-state index contributed by atoms with van der Waals surface area (Å²) in [6.07, 6.45) is 0. The smallest absolute Gasteiger partial charge is 0.261 e. The van der Waals surface area contributed by atoms with Crippen LogP contribution in [0.4, 0.5) is 0 Å². The monoisotopic (exact) mass is 488 g/mol. The molecule has 3 aromatic rings. The van der Waals surface area contributed by atoms with Crippen molar-refractivity contribution >= 4 is 50.1 Å². The van der Waals surface area contributed by atoms with Crippen molar-refractivity contribution in [2.24, 2.45) is 0 Å². The maximum Gasteiger partial charge on any atom is 0.261 e. The van der Waals surface area contributed by atoms with Crippen molar-refractivity contribution in [2.45, 2.75) is 19.5 Å². The number of halogens is 2. The molecule has 3 rings (SSSR count). The Kier molecular flexibility index (Phi) is 7.34. The minimum Gasteiger partial charge on any atom is -0.483 e. The predicted octanol–water partition coefficient (Wildman–Crippen LogP) is 4.80. The molecule has 0 saturated carbocycles. The number of hydrogen-bond donors (Lipinski definition) is 1. The third kappa shape index (κ3) is 5.12. The van der Waals surface area contributed by atoms with Crippen LogP contribution in [0.25, 0.3) is 10.8 Å². The summed E-state index contributed by atoms with van der Waals surface area (Å²) >= 11 is 9.64. The fraction of sp³-hybridized carbons (Fsp3) is 0.217. The van der Waals surface area contributed by atoms with Crippen LogP contribution in [0, 0.1) is 0 Å². The highest BCUT2D eigenvalue weighted by molar-refractivity contribution is 9.10. The first-order valence-electron chi connectivity index (χ1n) is 9.46. The molecule has 5 nitrogen and oxygen atoms in total. The second-order valence-electron chi connectivity index (χ2n) is 6.83. The minimum atomic E-state index is -0.662. The Balaban J connectivity index is 1.79. The molecular formula is C23H22BrClN2O3. The fourth-order valence-corrected chi connectivity index (χ4v) is 3.99. The van der Waals surface area contributed by atoms with Crippen molar-refractivity contribution in [3.8, 4) is 5.75 Å². The van der Waals surface area contributed by atoms with Gasteiger partial charge in [-0.3, -0.25) is 9.59 Å². The number of fused-ring (bicyclic) bond motifs is 1. The van der Waals surface area contributed by atoms with Gasteiger partial charge in [0.15, 0.2) is 6.61 Å². The number of benzene rings is 3. The minimum absolute atomic E-state index is 0.196. The summed E-state index contributed by atoms with van der Waals surface area (Å²) in [7, 11) is 1.55. The van der Waals surface area contributed by atoms with E-state index in [4.69, 9.17) is 16.3 Å². The lowest BCUT2D eigenvalue weighted by atomic mass is 10.1. The van der Waals surface area contributed by atoms with Crippen molar-refractivity contribution in [2.75, 3.05) is 13.7 Å². The van der Waals surface area contributed by atoms with Gasteiger partial charge < -0.3 is 15.0 Å². The molecule has 3 aromatic carbocycles. The van der Waals surface area contributed by atoms with E-state index in [1.54, 1.807) is 26.1 Å². The van der Waals surface area contributed by atoms with Gasteiger partial charge in [0, 0.05) is 18.6 Å². The van der Waals surface area contributed by atoms with E-state index >= 15 is 0 Å². The molecule has 1 atom stereocenters. The number of carbonyl (C=O) groups excluding carboxylic acids is 2. The number of likely N-dealkylation sites (N-methyl/N-ethyl adjacent to an activating group) is 1. The Bertz CT molecular complexity index is 1070. The quantitative estimate of drug-likeness (QED) is 0.519. The number of hydrogen-bond acceptors (Lipinski definition) is 3. The number of rotatable bonds is 7. The maximum atomic E-state index is 13.0. The summed E-state index contributed by atoms with van der Waals surface area (Å²) in [4.78, 5) is 26.7. The van der Waals surface area contributed by atoms with E-state index in [9.17, 15) is 9.59 Å². The van der Waals surface area contributed by atoms with Gasteiger partial charge in [-0.1, -0.05) is 54.1 Å². The first-order chi connectivity index (χ1) is 14.4. The molecule has 0 saturated heterocycles. The van der Waals surface area contributed by atoms with E-state index in [1.807, 2.05) is 48.5 Å². The van der Waals surface area contributed by atoms with Crippen LogP contribution >= 0.6 is 27.5 Å². The Morgan fingerprint density at radius 1 is 1.13 bits per heavy atom. The Morgan fingerprint density at radius 3 is 2.63 bits per heavy atom. The molecule has 1 N–H and O–H groups in total. The van der Waals surface area contributed by atoms with Crippen molar-refractivity contribution in [3.63, 3.8) is 0 Å². The average Bonchev–Trinajstić information content (AvgIpc) is 2.76. The average molecular weight is 490 g/mol. The van der Waals surface area contributed by atoms with Crippen molar-refractivity contribution in [1.82, 2.24) is 10.2 Å². The van der Waals surface area contributed by atoms with Crippen molar-refractivity contribution in [1.29, 1.82) is 0 Å². The van der Waals surface area contributed by atoms with Gasteiger partial charge in [-0.05, 0) is 57.4 Å². The molecular weight excluding hydrogens is 468 g/mol. The summed E-state index contributed by atoms with van der Waals surface area (Å²) in [5.74, 6) is 0.0146. The van der Waals surface area contributed by atoms with Gasteiger partial charge in [0.05, 0.1) is 4.47 Å². The van der Waals surface area contributed by atoms with Crippen LogP contribution in [0.2, 0.25) is 5.02 Å². The van der Waals surface area contributed by atoms with Crippen molar-refractivity contribution in [3.05, 3.63) is 75.7 Å². The number of nitrogens with one attached hydrogen (secondary N) is 1. The predicted molar refractivity (Wildman–Crippen MR) is 123 cm³/mol. The molecule has 0 bridgehead atoms. The molecule has 0 spiro atoms. The zero-order valence-corrected chi connectivity index (χ0v) is 19.0. The first kappa shape index (κ1) is 22.1. The zero-order chi connectivity index (χ0) is 21.7. The van der Waals surface area contributed by atoms with Gasteiger partial charge in [0.25, 0.3) is 5.91 Å². The number of amides is 2. The molecule has 0 aliphatic carbocycles. The molecule has 30 heavy (non-hydrogen) atoms. The van der Waals surface area contributed by atoms with Crippen LogP contribution < -0.4 is 10.1 Å². The van der Waals surface area contributed by atoms with E-state index < -0.39 is 6.04 Å². The second-order valence-corrected chi connectivity index (χ2v) is 8.06. The van der Waals surface area contributed by atoms with E-state index in [2.05, 4.69) is 21.2 Å². The molecule has 1 unspecified atom stereocenters. The highest BCUT2D eigenvalue weighted by Crippen LogP contribution is 2.33. The van der Waals surface area contributed by atoms with Gasteiger partial charge in [0.2, 0.25) is 5.91 Å². The lowest BCUT2D eigenvalue weighted by Gasteiger charge is -2.28. The topological polar surface area (TPSA) is 58.6 Å². The first-order valence-corrected chi connectivity index (χ1v) is 10.6. The number of ether oxygens (including phenoxy) is 1. The molecule has 7 heteroatoms. The van der Waals surface area contributed by atoms with Crippen molar-refractivity contribution < 1.29 is 14.3 Å². The van der Waals surface area contributed by atoms with Crippen LogP contribution in [0.3, 0.4) is 0 Å². The SMILES string of the molecule is CNC(=O)C(C)N(Cc1cccc(Cl)c1)C(=O)COc1ccc2ccccc2c1Br. The summed E-state index contributed by atoms with van der Waals surface area (Å²) < 4.78 is 6.60. The molecule has 2 amide bonds. The molecule has 0 aliphatic heterocycles. The molecule has 156 valence electrons. The van der Waals surface area contributed by atoms with E-state index in [1.165, 1.54) is 4.90 Å². The zero-order valence-electron chi connectivity index (χ0n) is 16.7. The van der Waals surface area contributed by atoms with Gasteiger partial charge in [-0.15, -0.1) is 0 Å². The van der Waals surface area contributed by atoms with Gasteiger partial charge in [-0.2, -0.15) is 0 Å².